The van der Waals surface area contributed by atoms with Crippen molar-refractivity contribution in [3.63, 3.8) is 0 Å². The van der Waals surface area contributed by atoms with E-state index >= 15 is 0 Å². The van der Waals surface area contributed by atoms with Gasteiger partial charge in [-0.2, -0.15) is 0 Å². The Morgan fingerprint density at radius 2 is 1.52 bits per heavy atom. The Balaban J connectivity index is 1.52. The van der Waals surface area contributed by atoms with Crippen LogP contribution in [0.2, 0.25) is 0 Å². The first kappa shape index (κ1) is 17.5. The lowest BCUT2D eigenvalue weighted by Crippen LogP contribution is -2.12. The number of nitrogens with one attached hydrogen (secondary N) is 1. The van der Waals surface area contributed by atoms with Gasteiger partial charge in [0.25, 0.3) is 0 Å². The molecule has 0 amide bonds. The topological polar surface area (TPSA) is 17.0 Å². The van der Waals surface area contributed by atoms with Gasteiger partial charge in [-0.15, -0.1) is 0 Å². The maximum Gasteiger partial charge on any atom is 0.123 e. The average molecular weight is 358 g/mol. The van der Waals surface area contributed by atoms with Gasteiger partial charge in [-0.25, -0.2) is 4.39 Å². The molecule has 0 saturated carbocycles. The van der Waals surface area contributed by atoms with Crippen LogP contribution in [-0.4, -0.2) is 4.57 Å². The van der Waals surface area contributed by atoms with Crippen LogP contribution in [0.25, 0.3) is 10.9 Å². The molecule has 1 N–H and O–H groups in total. The molecule has 3 heteroatoms. The number of nitrogens with zero attached hydrogens (tertiary/aromatic N) is 1. The molecule has 0 atom stereocenters. The number of benzene rings is 3. The molecule has 0 unspecified atom stereocenters. The van der Waals surface area contributed by atoms with E-state index in [1.54, 1.807) is 0 Å². The second kappa shape index (κ2) is 7.77. The Morgan fingerprint density at radius 3 is 2.30 bits per heavy atom. The molecule has 2 nitrogen and oxygen atoms in total. The Bertz CT molecular complexity index is 1030. The van der Waals surface area contributed by atoms with Crippen LogP contribution < -0.4 is 5.32 Å². The molecule has 1 heterocycles. The third-order valence-electron chi connectivity index (χ3n) is 4.90. The van der Waals surface area contributed by atoms with E-state index in [1.165, 1.54) is 39.7 Å². The highest BCUT2D eigenvalue weighted by molar-refractivity contribution is 5.84. The molecule has 0 radical (unpaired) electrons. The number of halogens is 1. The first-order chi connectivity index (χ1) is 13.2. The summed E-state index contributed by atoms with van der Waals surface area (Å²) in [6.45, 7) is 4.47. The molecule has 0 bridgehead atoms. The third-order valence-corrected chi connectivity index (χ3v) is 4.90. The lowest BCUT2D eigenvalue weighted by Gasteiger charge is -2.06. The molecular formula is C24H23FN2. The normalized spacial score (nSPS) is 11.2. The van der Waals surface area contributed by atoms with Crippen LogP contribution in [0.15, 0.2) is 79.0 Å². The minimum Gasteiger partial charge on any atom is -0.343 e. The van der Waals surface area contributed by atoms with Gasteiger partial charge in [-0.3, -0.25) is 0 Å². The molecule has 4 rings (SSSR count). The number of para-hydroxylation sites is 1. The second-order valence-electron chi connectivity index (χ2n) is 7.02. The Morgan fingerprint density at radius 1 is 0.815 bits per heavy atom. The van der Waals surface area contributed by atoms with Crippen molar-refractivity contribution in [2.45, 2.75) is 26.6 Å². The lowest BCUT2D eigenvalue weighted by molar-refractivity contribution is 0.625. The molecule has 136 valence electrons. The molecule has 3 aromatic carbocycles. The predicted molar refractivity (Wildman–Crippen MR) is 109 cm³/mol. The fraction of sp³-hybridized carbons (Fsp3) is 0.167. The third kappa shape index (κ3) is 4.09. The van der Waals surface area contributed by atoms with Gasteiger partial charge in [0, 0.05) is 36.7 Å². The summed E-state index contributed by atoms with van der Waals surface area (Å²) in [5.74, 6) is -0.196. The summed E-state index contributed by atoms with van der Waals surface area (Å²) in [4.78, 5) is 0. The molecule has 0 fully saturated rings. The molecule has 1 aromatic heterocycles. The summed E-state index contributed by atoms with van der Waals surface area (Å²) in [5, 5.41) is 4.75. The lowest BCUT2D eigenvalue weighted by atomic mass is 10.1. The molecule has 0 saturated heterocycles. The number of fused-ring (bicyclic) bond motifs is 1. The Labute approximate surface area is 159 Å². The van der Waals surface area contributed by atoms with Gasteiger partial charge < -0.3 is 9.88 Å². The number of aryl methyl sites for hydroxylation is 1. The predicted octanol–water partition coefficient (Wildman–Crippen LogP) is 5.43. The van der Waals surface area contributed by atoms with Gasteiger partial charge in [0.05, 0.1) is 0 Å². The largest absolute Gasteiger partial charge is 0.343 e. The maximum absolute atomic E-state index is 13.0. The van der Waals surface area contributed by atoms with Crippen molar-refractivity contribution >= 4 is 10.9 Å². The zero-order valence-electron chi connectivity index (χ0n) is 15.5. The highest BCUT2D eigenvalue weighted by Crippen LogP contribution is 2.22. The molecule has 0 aliphatic rings. The summed E-state index contributed by atoms with van der Waals surface area (Å²) in [6, 6.07) is 23.9. The fourth-order valence-corrected chi connectivity index (χ4v) is 3.43. The Kier molecular flexibility index (Phi) is 5.03. The van der Waals surface area contributed by atoms with E-state index in [0.717, 1.165) is 25.2 Å². The van der Waals surface area contributed by atoms with Crippen molar-refractivity contribution in [2.24, 2.45) is 0 Å². The van der Waals surface area contributed by atoms with Crippen molar-refractivity contribution < 1.29 is 4.39 Å². The van der Waals surface area contributed by atoms with Crippen LogP contribution >= 0.6 is 0 Å². The molecular weight excluding hydrogens is 335 g/mol. The maximum atomic E-state index is 13.0. The van der Waals surface area contributed by atoms with Crippen LogP contribution in [0, 0.1) is 12.7 Å². The first-order valence-electron chi connectivity index (χ1n) is 9.26. The highest BCUT2D eigenvalue weighted by atomic mass is 19.1. The van der Waals surface area contributed by atoms with E-state index in [4.69, 9.17) is 0 Å². The van der Waals surface area contributed by atoms with Crippen molar-refractivity contribution in [3.8, 4) is 0 Å². The quantitative estimate of drug-likeness (QED) is 0.486. The number of rotatable bonds is 6. The number of hydrogen-bond acceptors (Lipinski definition) is 1. The van der Waals surface area contributed by atoms with Gasteiger partial charge in [0.15, 0.2) is 0 Å². The average Bonchev–Trinajstić information content (AvgIpc) is 3.03. The fourth-order valence-electron chi connectivity index (χ4n) is 3.43. The number of aromatic nitrogens is 1. The van der Waals surface area contributed by atoms with E-state index in [-0.39, 0.29) is 5.82 Å². The van der Waals surface area contributed by atoms with Gasteiger partial charge in [-0.05, 0) is 41.8 Å². The van der Waals surface area contributed by atoms with E-state index in [1.807, 2.05) is 12.1 Å². The monoisotopic (exact) mass is 358 g/mol. The van der Waals surface area contributed by atoms with E-state index in [0.29, 0.717) is 0 Å². The summed E-state index contributed by atoms with van der Waals surface area (Å²) >= 11 is 0. The van der Waals surface area contributed by atoms with E-state index in [2.05, 4.69) is 71.5 Å². The molecule has 0 aliphatic carbocycles. The van der Waals surface area contributed by atoms with Gasteiger partial charge in [0.2, 0.25) is 0 Å². The van der Waals surface area contributed by atoms with E-state index in [9.17, 15) is 4.39 Å². The summed E-state index contributed by atoms with van der Waals surface area (Å²) < 4.78 is 15.3. The van der Waals surface area contributed by atoms with E-state index < -0.39 is 0 Å². The standard InChI is InChI=1S/C24H23FN2/c1-18-6-8-20(9-7-18)16-27-17-21(23-4-2-3-5-24(23)27)15-26-14-19-10-12-22(25)13-11-19/h2-13,17,26H,14-16H2,1H3. The highest BCUT2D eigenvalue weighted by Gasteiger charge is 2.08. The van der Waals surface area contributed by atoms with Gasteiger partial charge >= 0.3 is 0 Å². The van der Waals surface area contributed by atoms with Crippen molar-refractivity contribution in [2.75, 3.05) is 0 Å². The minimum absolute atomic E-state index is 0.196. The van der Waals surface area contributed by atoms with Crippen molar-refractivity contribution in [1.82, 2.24) is 9.88 Å². The summed E-state index contributed by atoms with van der Waals surface area (Å²) in [5.41, 5.74) is 6.19. The summed E-state index contributed by atoms with van der Waals surface area (Å²) in [6.07, 6.45) is 2.24. The van der Waals surface area contributed by atoms with Crippen LogP contribution in [0.4, 0.5) is 4.39 Å². The second-order valence-corrected chi connectivity index (χ2v) is 7.02. The molecule has 4 aromatic rings. The smallest absolute Gasteiger partial charge is 0.123 e. The minimum atomic E-state index is -0.196. The number of hydrogen-bond donors (Lipinski definition) is 1. The van der Waals surface area contributed by atoms with Crippen LogP contribution in [0.5, 0.6) is 0 Å². The van der Waals surface area contributed by atoms with Crippen LogP contribution in [0.1, 0.15) is 22.3 Å². The van der Waals surface area contributed by atoms with Gasteiger partial charge in [-0.1, -0.05) is 60.2 Å². The van der Waals surface area contributed by atoms with Crippen LogP contribution in [-0.2, 0) is 19.6 Å². The molecule has 0 aliphatic heterocycles. The zero-order valence-corrected chi connectivity index (χ0v) is 15.5. The SMILES string of the molecule is Cc1ccc(Cn2cc(CNCc3ccc(F)cc3)c3ccccc32)cc1. The molecule has 27 heavy (non-hydrogen) atoms. The Hall–Kier alpha value is -2.91. The summed E-state index contributed by atoms with van der Waals surface area (Å²) in [7, 11) is 0. The van der Waals surface area contributed by atoms with Crippen molar-refractivity contribution in [3.05, 3.63) is 107 Å². The molecule has 0 spiro atoms. The first-order valence-corrected chi connectivity index (χ1v) is 9.26. The zero-order chi connectivity index (χ0) is 18.6. The van der Waals surface area contributed by atoms with Gasteiger partial charge in [0.1, 0.15) is 5.82 Å². The van der Waals surface area contributed by atoms with Crippen LogP contribution in [0.3, 0.4) is 0 Å². The van der Waals surface area contributed by atoms with Crippen molar-refractivity contribution in [1.29, 1.82) is 0 Å².